The number of rotatable bonds is 26. The maximum Gasteiger partial charge on any atom is 0.473 e. The Morgan fingerprint density at radius 2 is 1.06 bits per heavy atom. The van der Waals surface area contributed by atoms with E-state index in [9.17, 15) is 9.46 Å². The molecule has 0 aliphatic heterocycles. The fourth-order valence-corrected chi connectivity index (χ4v) is 5.18. The van der Waals surface area contributed by atoms with Gasteiger partial charge in [0.15, 0.2) is 0 Å². The third-order valence-electron chi connectivity index (χ3n) is 6.30. The molecule has 0 radical (unpaired) electrons. The Morgan fingerprint density at radius 3 is 1.52 bits per heavy atom. The summed E-state index contributed by atoms with van der Waals surface area (Å²) in [5.74, 6) is 0. The van der Waals surface area contributed by atoms with Crippen LogP contribution in [0, 0.1) is 0 Å². The predicted octanol–water partition coefficient (Wildman–Crippen LogP) is 9.24. The van der Waals surface area contributed by atoms with Crippen LogP contribution in [-0.2, 0) is 13.6 Å². The topological polar surface area (TPSA) is 59.0 Å². The first kappa shape index (κ1) is 33.1. The summed E-state index contributed by atoms with van der Waals surface area (Å²) in [4.78, 5) is 12.7. The SMILES string of the molecule is CCCCCCCCN(CCCCCCCC)C(CCC)OP(=O)(O)OCCCCCCC. The molecule has 0 spiro atoms. The number of unbranched alkanes of at least 4 members (excludes halogenated alkanes) is 14. The Bertz CT molecular complexity index is 434. The molecule has 0 aromatic carbocycles. The molecule has 0 fully saturated rings. The van der Waals surface area contributed by atoms with Gasteiger partial charge in [0.25, 0.3) is 0 Å². The predicted molar refractivity (Wildman–Crippen MR) is 143 cm³/mol. The molecule has 0 aromatic heterocycles. The van der Waals surface area contributed by atoms with Crippen LogP contribution >= 0.6 is 7.82 Å². The quantitative estimate of drug-likeness (QED) is 0.0742. The van der Waals surface area contributed by atoms with Crippen LogP contribution in [0.4, 0.5) is 0 Å². The van der Waals surface area contributed by atoms with Crippen molar-refractivity contribution in [2.24, 2.45) is 0 Å². The van der Waals surface area contributed by atoms with E-state index in [0.717, 1.165) is 58.0 Å². The van der Waals surface area contributed by atoms with Gasteiger partial charge in [-0.05, 0) is 25.7 Å². The van der Waals surface area contributed by atoms with Gasteiger partial charge >= 0.3 is 7.82 Å². The van der Waals surface area contributed by atoms with Crippen molar-refractivity contribution in [3.05, 3.63) is 0 Å². The van der Waals surface area contributed by atoms with Crippen LogP contribution in [0.2, 0.25) is 0 Å². The highest BCUT2D eigenvalue weighted by Gasteiger charge is 2.29. The smallest absolute Gasteiger partial charge is 0.302 e. The van der Waals surface area contributed by atoms with E-state index in [2.05, 4.69) is 32.6 Å². The molecule has 200 valence electrons. The number of hydrogen-bond acceptors (Lipinski definition) is 4. The van der Waals surface area contributed by atoms with Crippen molar-refractivity contribution in [1.82, 2.24) is 4.90 Å². The summed E-state index contributed by atoms with van der Waals surface area (Å²) >= 11 is 0. The van der Waals surface area contributed by atoms with Gasteiger partial charge in [-0.3, -0.25) is 13.9 Å². The van der Waals surface area contributed by atoms with Crippen molar-refractivity contribution in [2.45, 2.75) is 156 Å². The van der Waals surface area contributed by atoms with Crippen molar-refractivity contribution in [2.75, 3.05) is 19.7 Å². The van der Waals surface area contributed by atoms with Crippen LogP contribution in [0.15, 0.2) is 0 Å². The first-order chi connectivity index (χ1) is 16.0. The van der Waals surface area contributed by atoms with Crippen molar-refractivity contribution < 1.29 is 18.5 Å². The minimum Gasteiger partial charge on any atom is -0.302 e. The zero-order chi connectivity index (χ0) is 24.6. The zero-order valence-electron chi connectivity index (χ0n) is 22.7. The van der Waals surface area contributed by atoms with Gasteiger partial charge in [-0.25, -0.2) is 4.57 Å². The number of nitrogens with zero attached hydrogens (tertiary/aromatic N) is 1. The van der Waals surface area contributed by atoms with Crippen LogP contribution < -0.4 is 0 Å². The van der Waals surface area contributed by atoms with Crippen molar-refractivity contribution in [3.63, 3.8) is 0 Å². The number of phosphoric acid groups is 1. The van der Waals surface area contributed by atoms with E-state index in [-0.39, 0.29) is 6.23 Å². The molecule has 2 atom stereocenters. The standard InChI is InChI=1S/C27H58NO4P/c1-5-9-12-15-17-20-24-28(25-21-18-16-13-10-6-2)27(23-8-4)32-33(29,30)31-26-22-19-14-11-7-3/h27H,5-26H2,1-4H3,(H,29,30). The highest BCUT2D eigenvalue weighted by atomic mass is 31.2. The lowest BCUT2D eigenvalue weighted by Gasteiger charge is -2.32. The molecule has 0 amide bonds. The molecule has 0 aliphatic rings. The summed E-state index contributed by atoms with van der Waals surface area (Å²) < 4.78 is 23.8. The maximum atomic E-state index is 12.7. The molecule has 0 bridgehead atoms. The molecule has 33 heavy (non-hydrogen) atoms. The first-order valence-corrected chi connectivity index (χ1v) is 15.9. The van der Waals surface area contributed by atoms with Crippen LogP contribution in [-0.4, -0.2) is 35.7 Å². The van der Waals surface area contributed by atoms with Crippen LogP contribution in [0.5, 0.6) is 0 Å². The van der Waals surface area contributed by atoms with Crippen molar-refractivity contribution >= 4 is 7.82 Å². The fraction of sp³-hybridized carbons (Fsp3) is 1.00. The van der Waals surface area contributed by atoms with Crippen LogP contribution in [0.25, 0.3) is 0 Å². The maximum absolute atomic E-state index is 12.7. The first-order valence-electron chi connectivity index (χ1n) is 14.4. The normalized spacial score (nSPS) is 14.6. The Morgan fingerprint density at radius 1 is 0.636 bits per heavy atom. The van der Waals surface area contributed by atoms with Crippen molar-refractivity contribution in [1.29, 1.82) is 0 Å². The highest BCUT2D eigenvalue weighted by Crippen LogP contribution is 2.46. The van der Waals surface area contributed by atoms with Gasteiger partial charge in [-0.15, -0.1) is 0 Å². The second-order valence-corrected chi connectivity index (χ2v) is 11.0. The third-order valence-corrected chi connectivity index (χ3v) is 7.32. The highest BCUT2D eigenvalue weighted by molar-refractivity contribution is 7.47. The lowest BCUT2D eigenvalue weighted by molar-refractivity contribution is -0.0124. The average Bonchev–Trinajstić information content (AvgIpc) is 2.79. The summed E-state index contributed by atoms with van der Waals surface area (Å²) in [5, 5.41) is 0. The fourth-order valence-electron chi connectivity index (χ4n) is 4.21. The van der Waals surface area contributed by atoms with Gasteiger partial charge in [-0.2, -0.15) is 0 Å². The Labute approximate surface area is 207 Å². The van der Waals surface area contributed by atoms with Gasteiger partial charge in [0, 0.05) is 13.1 Å². The molecule has 0 aliphatic carbocycles. The average molecular weight is 492 g/mol. The molecule has 0 rings (SSSR count). The Kier molecular flexibility index (Phi) is 23.8. The van der Waals surface area contributed by atoms with E-state index >= 15 is 0 Å². The van der Waals surface area contributed by atoms with Crippen molar-refractivity contribution in [3.8, 4) is 0 Å². The molecule has 6 heteroatoms. The Hall–Kier alpha value is 0.0700. The number of hydrogen-bond donors (Lipinski definition) is 1. The lowest BCUT2D eigenvalue weighted by Crippen LogP contribution is -2.38. The molecule has 0 saturated carbocycles. The Balaban J connectivity index is 4.71. The third kappa shape index (κ3) is 21.1. The second kappa shape index (κ2) is 23.8. The lowest BCUT2D eigenvalue weighted by atomic mass is 10.1. The second-order valence-electron chi connectivity index (χ2n) is 9.64. The van der Waals surface area contributed by atoms with Crippen LogP contribution in [0.1, 0.15) is 150 Å². The van der Waals surface area contributed by atoms with Gasteiger partial charge in [-0.1, -0.05) is 124 Å². The minimum absolute atomic E-state index is 0.297. The van der Waals surface area contributed by atoms with Crippen LogP contribution in [0.3, 0.4) is 0 Å². The van der Waals surface area contributed by atoms with Gasteiger partial charge in [0.2, 0.25) is 0 Å². The van der Waals surface area contributed by atoms with Gasteiger partial charge < -0.3 is 4.89 Å². The van der Waals surface area contributed by atoms with E-state index in [1.54, 1.807) is 0 Å². The monoisotopic (exact) mass is 491 g/mol. The molecule has 2 unspecified atom stereocenters. The molecular formula is C27H58NO4P. The van der Waals surface area contributed by atoms with E-state index < -0.39 is 7.82 Å². The summed E-state index contributed by atoms with van der Waals surface area (Å²) in [7, 11) is -4.04. The van der Waals surface area contributed by atoms with Gasteiger partial charge in [0.1, 0.15) is 6.23 Å². The van der Waals surface area contributed by atoms with E-state index in [1.807, 2.05) is 0 Å². The zero-order valence-corrected chi connectivity index (χ0v) is 23.6. The molecule has 0 aromatic rings. The van der Waals surface area contributed by atoms with E-state index in [1.165, 1.54) is 77.0 Å². The molecule has 1 N–H and O–H groups in total. The minimum atomic E-state index is -4.04. The van der Waals surface area contributed by atoms with E-state index in [4.69, 9.17) is 9.05 Å². The van der Waals surface area contributed by atoms with Gasteiger partial charge in [0.05, 0.1) is 6.61 Å². The molecule has 0 saturated heterocycles. The molecule has 0 heterocycles. The number of phosphoric ester groups is 1. The largest absolute Gasteiger partial charge is 0.473 e. The summed E-state index contributed by atoms with van der Waals surface area (Å²) in [6.45, 7) is 10.9. The van der Waals surface area contributed by atoms with E-state index in [0.29, 0.717) is 6.61 Å². The summed E-state index contributed by atoms with van der Waals surface area (Å²) in [6.07, 6.45) is 21.7. The molecular weight excluding hydrogens is 433 g/mol. The summed E-state index contributed by atoms with van der Waals surface area (Å²) in [5.41, 5.74) is 0. The molecule has 5 nitrogen and oxygen atoms in total. The summed E-state index contributed by atoms with van der Waals surface area (Å²) in [6, 6.07) is 0.